The number of aromatic nitrogens is 1. The van der Waals surface area contributed by atoms with Gasteiger partial charge in [-0.2, -0.15) is 0 Å². The van der Waals surface area contributed by atoms with Crippen LogP contribution in [0.15, 0.2) is 35.4 Å². The molecule has 0 spiro atoms. The van der Waals surface area contributed by atoms with Crippen LogP contribution < -0.4 is 15.2 Å². The number of nitrogens with two attached hydrogens (primary N) is 1. The summed E-state index contributed by atoms with van der Waals surface area (Å²) < 4.78 is 10.3. The van der Waals surface area contributed by atoms with Gasteiger partial charge in [-0.05, 0) is 24.3 Å². The SMILES string of the molecule is COc1ccc(C(=O)CSc2nc(Cl)ccc2N)c(OC)c1. The number of Topliss-reactive ketones (excluding diaryl/α,β-unsaturated/α-hetero) is 1. The Bertz CT molecular complexity index is 694. The van der Waals surface area contributed by atoms with Gasteiger partial charge < -0.3 is 15.2 Å². The van der Waals surface area contributed by atoms with Crippen LogP contribution in [0.5, 0.6) is 11.5 Å². The Morgan fingerprint density at radius 2 is 2.05 bits per heavy atom. The van der Waals surface area contributed by atoms with Crippen LogP contribution in [-0.4, -0.2) is 30.7 Å². The van der Waals surface area contributed by atoms with E-state index in [2.05, 4.69) is 4.98 Å². The fourth-order valence-electron chi connectivity index (χ4n) is 1.78. The normalized spacial score (nSPS) is 10.3. The molecule has 7 heteroatoms. The first-order valence-electron chi connectivity index (χ1n) is 6.35. The molecular formula is C15H15ClN2O3S. The molecule has 0 aliphatic carbocycles. The molecule has 0 unspecified atom stereocenters. The summed E-state index contributed by atoms with van der Waals surface area (Å²) in [6.45, 7) is 0. The van der Waals surface area contributed by atoms with Gasteiger partial charge in [-0.15, -0.1) is 0 Å². The van der Waals surface area contributed by atoms with Gasteiger partial charge in [0.25, 0.3) is 0 Å². The maximum absolute atomic E-state index is 12.4. The van der Waals surface area contributed by atoms with Crippen molar-refractivity contribution in [3.63, 3.8) is 0 Å². The second-order valence-electron chi connectivity index (χ2n) is 4.31. The summed E-state index contributed by atoms with van der Waals surface area (Å²) >= 11 is 7.07. The number of hydrogen-bond acceptors (Lipinski definition) is 6. The van der Waals surface area contributed by atoms with Gasteiger partial charge in [0.1, 0.15) is 21.7 Å². The number of carbonyl (C=O) groups excluding carboxylic acids is 1. The van der Waals surface area contributed by atoms with Crippen LogP contribution in [0.3, 0.4) is 0 Å². The minimum Gasteiger partial charge on any atom is -0.497 e. The highest BCUT2D eigenvalue weighted by atomic mass is 35.5. The van der Waals surface area contributed by atoms with Gasteiger partial charge in [0.15, 0.2) is 5.78 Å². The third-order valence-corrected chi connectivity index (χ3v) is 4.12. The van der Waals surface area contributed by atoms with E-state index in [1.54, 1.807) is 37.4 Å². The summed E-state index contributed by atoms with van der Waals surface area (Å²) in [6, 6.07) is 8.33. The Balaban J connectivity index is 2.14. The van der Waals surface area contributed by atoms with Crippen LogP contribution in [0.2, 0.25) is 5.15 Å². The Hall–Kier alpha value is -1.92. The van der Waals surface area contributed by atoms with Crippen LogP contribution in [-0.2, 0) is 0 Å². The quantitative estimate of drug-likeness (QED) is 0.495. The van der Waals surface area contributed by atoms with Crippen molar-refractivity contribution in [3.8, 4) is 11.5 Å². The molecule has 1 aromatic carbocycles. The Morgan fingerprint density at radius 1 is 1.27 bits per heavy atom. The standard InChI is InChI=1S/C15H15ClN2O3S/c1-20-9-3-4-10(13(7-9)21-2)12(19)8-22-15-11(17)5-6-14(16)18-15/h3-7H,8,17H2,1-2H3. The Morgan fingerprint density at radius 3 is 2.73 bits per heavy atom. The molecule has 116 valence electrons. The summed E-state index contributed by atoms with van der Waals surface area (Å²) in [5.74, 6) is 1.18. The van der Waals surface area contributed by atoms with E-state index < -0.39 is 0 Å². The molecule has 0 atom stereocenters. The molecule has 2 N–H and O–H groups in total. The van der Waals surface area contributed by atoms with E-state index in [9.17, 15) is 4.79 Å². The van der Waals surface area contributed by atoms with E-state index in [4.69, 9.17) is 26.8 Å². The van der Waals surface area contributed by atoms with E-state index in [-0.39, 0.29) is 11.5 Å². The van der Waals surface area contributed by atoms with Gasteiger partial charge in [-0.25, -0.2) is 4.98 Å². The molecule has 2 aromatic rings. The van der Waals surface area contributed by atoms with Crippen molar-refractivity contribution in [1.82, 2.24) is 4.98 Å². The lowest BCUT2D eigenvalue weighted by atomic mass is 10.1. The number of ether oxygens (including phenoxy) is 2. The number of anilines is 1. The summed E-state index contributed by atoms with van der Waals surface area (Å²) in [5.41, 5.74) is 6.79. The first kappa shape index (κ1) is 16.5. The van der Waals surface area contributed by atoms with Crippen molar-refractivity contribution < 1.29 is 14.3 Å². The highest BCUT2D eigenvalue weighted by molar-refractivity contribution is 8.00. The lowest BCUT2D eigenvalue weighted by Gasteiger charge is -2.10. The van der Waals surface area contributed by atoms with Crippen molar-refractivity contribution in [2.75, 3.05) is 25.7 Å². The molecule has 0 bridgehead atoms. The monoisotopic (exact) mass is 338 g/mol. The van der Waals surface area contributed by atoms with Gasteiger partial charge in [0.05, 0.1) is 31.2 Å². The highest BCUT2D eigenvalue weighted by Crippen LogP contribution is 2.29. The number of nitrogen functional groups attached to an aromatic ring is 1. The van der Waals surface area contributed by atoms with E-state index in [1.807, 2.05) is 0 Å². The first-order valence-corrected chi connectivity index (χ1v) is 7.71. The number of pyridine rings is 1. The van der Waals surface area contributed by atoms with Crippen molar-refractivity contribution >= 4 is 34.8 Å². The van der Waals surface area contributed by atoms with Crippen LogP contribution in [0.4, 0.5) is 5.69 Å². The molecule has 0 radical (unpaired) electrons. The van der Waals surface area contributed by atoms with Gasteiger partial charge in [-0.1, -0.05) is 23.4 Å². The maximum Gasteiger partial charge on any atom is 0.176 e. The molecule has 0 saturated carbocycles. The molecule has 0 saturated heterocycles. The van der Waals surface area contributed by atoms with Crippen molar-refractivity contribution in [1.29, 1.82) is 0 Å². The Kier molecular flexibility index (Phi) is 5.51. The molecule has 2 rings (SSSR count). The predicted octanol–water partition coefficient (Wildman–Crippen LogP) is 3.31. The number of methoxy groups -OCH3 is 2. The minimum absolute atomic E-state index is 0.0920. The van der Waals surface area contributed by atoms with Crippen LogP contribution in [0.1, 0.15) is 10.4 Å². The molecule has 0 aliphatic heterocycles. The average Bonchev–Trinajstić information content (AvgIpc) is 2.54. The molecule has 5 nitrogen and oxygen atoms in total. The number of thioether (sulfide) groups is 1. The number of ketones is 1. The molecule has 0 amide bonds. The first-order chi connectivity index (χ1) is 10.5. The predicted molar refractivity (Wildman–Crippen MR) is 88.3 cm³/mol. The van der Waals surface area contributed by atoms with Crippen LogP contribution >= 0.6 is 23.4 Å². The zero-order valence-electron chi connectivity index (χ0n) is 12.1. The smallest absolute Gasteiger partial charge is 0.176 e. The van der Waals surface area contributed by atoms with Crippen molar-refractivity contribution in [2.45, 2.75) is 5.03 Å². The third-order valence-electron chi connectivity index (χ3n) is 2.90. The Labute approximate surface area is 137 Å². The molecule has 0 fully saturated rings. The molecule has 1 heterocycles. The lowest BCUT2D eigenvalue weighted by molar-refractivity contribution is 0.101. The van der Waals surface area contributed by atoms with E-state index >= 15 is 0 Å². The second-order valence-corrected chi connectivity index (χ2v) is 5.66. The largest absolute Gasteiger partial charge is 0.497 e. The maximum atomic E-state index is 12.4. The number of hydrogen-bond donors (Lipinski definition) is 1. The topological polar surface area (TPSA) is 74.4 Å². The van der Waals surface area contributed by atoms with Gasteiger partial charge in [-0.3, -0.25) is 4.79 Å². The van der Waals surface area contributed by atoms with Crippen molar-refractivity contribution in [3.05, 3.63) is 41.0 Å². The third kappa shape index (κ3) is 3.84. The summed E-state index contributed by atoms with van der Waals surface area (Å²) in [4.78, 5) is 16.5. The fourth-order valence-corrected chi connectivity index (χ4v) is 2.80. The summed E-state index contributed by atoms with van der Waals surface area (Å²) in [6.07, 6.45) is 0. The molecule has 22 heavy (non-hydrogen) atoms. The number of rotatable bonds is 6. The number of nitrogens with zero attached hydrogens (tertiary/aromatic N) is 1. The van der Waals surface area contributed by atoms with Gasteiger partial charge in [0.2, 0.25) is 0 Å². The van der Waals surface area contributed by atoms with Crippen molar-refractivity contribution in [2.24, 2.45) is 0 Å². The van der Waals surface area contributed by atoms with Crippen LogP contribution in [0, 0.1) is 0 Å². The molecule has 1 aromatic heterocycles. The van der Waals surface area contributed by atoms with Crippen LogP contribution in [0.25, 0.3) is 0 Å². The number of carbonyl (C=O) groups is 1. The lowest BCUT2D eigenvalue weighted by Crippen LogP contribution is -2.06. The van der Waals surface area contributed by atoms with E-state index in [1.165, 1.54) is 18.9 Å². The number of benzene rings is 1. The average molecular weight is 339 g/mol. The zero-order valence-corrected chi connectivity index (χ0v) is 13.7. The fraction of sp³-hybridized carbons (Fsp3) is 0.200. The zero-order chi connectivity index (χ0) is 16.1. The van der Waals surface area contributed by atoms with Gasteiger partial charge >= 0.3 is 0 Å². The minimum atomic E-state index is -0.0920. The van der Waals surface area contributed by atoms with E-state index in [0.29, 0.717) is 32.9 Å². The van der Waals surface area contributed by atoms with E-state index in [0.717, 1.165) is 0 Å². The number of halogens is 1. The highest BCUT2D eigenvalue weighted by Gasteiger charge is 2.15. The second kappa shape index (κ2) is 7.38. The summed E-state index contributed by atoms with van der Waals surface area (Å²) in [5, 5.41) is 0.875. The molecule has 0 aliphatic rings. The molecular weight excluding hydrogens is 324 g/mol. The van der Waals surface area contributed by atoms with Gasteiger partial charge in [0, 0.05) is 6.07 Å². The summed E-state index contributed by atoms with van der Waals surface area (Å²) in [7, 11) is 3.06.